The number of hydrogen-bond donors (Lipinski definition) is 1. The lowest BCUT2D eigenvalue weighted by atomic mass is 10.1. The molecular weight excluding hydrogens is 454 g/mol. The fourth-order valence-electron chi connectivity index (χ4n) is 3.21. The summed E-state index contributed by atoms with van der Waals surface area (Å²) in [4.78, 5) is 53.3. The van der Waals surface area contributed by atoms with Crippen LogP contribution in [0.15, 0.2) is 42.2 Å². The molecule has 0 radical (unpaired) electrons. The Hall–Kier alpha value is -3.56. The Kier molecular flexibility index (Phi) is 8.89. The van der Waals surface area contributed by atoms with Crippen LogP contribution in [-0.2, 0) is 30.2 Å². The van der Waals surface area contributed by atoms with Crippen molar-refractivity contribution < 1.29 is 33.4 Å². The molecule has 0 saturated carbocycles. The highest BCUT2D eigenvalue weighted by molar-refractivity contribution is 5.83. The number of hydrogen-bond acceptors (Lipinski definition) is 7. The molecule has 0 fully saturated rings. The number of nitrogens with one attached hydrogen (secondary N) is 1. The summed E-state index contributed by atoms with van der Waals surface area (Å²) in [7, 11) is 1.19. The predicted molar refractivity (Wildman–Crippen MR) is 128 cm³/mol. The number of carbonyl (C=O) groups excluding carboxylic acids is 4. The molecule has 1 aliphatic heterocycles. The molecule has 0 bridgehead atoms. The zero-order valence-corrected chi connectivity index (χ0v) is 21.4. The first-order valence-corrected chi connectivity index (χ1v) is 11.3. The van der Waals surface area contributed by atoms with Crippen molar-refractivity contribution in [3.05, 3.63) is 47.8 Å². The van der Waals surface area contributed by atoms with Gasteiger partial charge in [0, 0.05) is 18.3 Å². The molecule has 2 rings (SSSR count). The smallest absolute Gasteiger partial charge is 0.416 e. The summed E-state index contributed by atoms with van der Waals surface area (Å²) < 4.78 is 15.6. The summed E-state index contributed by atoms with van der Waals surface area (Å²) in [5.41, 5.74) is -0.421. The Morgan fingerprint density at radius 3 is 2.11 bits per heavy atom. The first-order chi connectivity index (χ1) is 16.2. The third-order valence-corrected chi connectivity index (χ3v) is 4.67. The van der Waals surface area contributed by atoms with Crippen molar-refractivity contribution in [1.82, 2.24) is 15.1 Å². The number of amides is 3. The first-order valence-electron chi connectivity index (χ1n) is 11.3. The molecule has 10 heteroatoms. The quantitative estimate of drug-likeness (QED) is 0.480. The molecule has 3 amide bonds. The van der Waals surface area contributed by atoms with Crippen LogP contribution in [-0.4, -0.2) is 64.9 Å². The molecule has 35 heavy (non-hydrogen) atoms. The molecule has 10 nitrogen and oxygen atoms in total. The van der Waals surface area contributed by atoms with E-state index in [1.165, 1.54) is 23.1 Å². The molecule has 0 saturated heterocycles. The van der Waals surface area contributed by atoms with Crippen LogP contribution in [0.3, 0.4) is 0 Å². The largest absolute Gasteiger partial charge is 0.467 e. The van der Waals surface area contributed by atoms with Gasteiger partial charge in [0.05, 0.1) is 13.5 Å². The molecule has 1 aromatic carbocycles. The van der Waals surface area contributed by atoms with E-state index < -0.39 is 35.4 Å². The number of methoxy groups -OCH3 is 1. The number of carbonyl (C=O) groups is 4. The van der Waals surface area contributed by atoms with Gasteiger partial charge in [-0.05, 0) is 47.1 Å². The number of alkyl carbamates (subject to hydrolysis) is 1. The zero-order valence-electron chi connectivity index (χ0n) is 21.4. The van der Waals surface area contributed by atoms with Crippen molar-refractivity contribution in [3.8, 4) is 0 Å². The molecule has 192 valence electrons. The summed E-state index contributed by atoms with van der Waals surface area (Å²) >= 11 is 0. The van der Waals surface area contributed by atoms with Crippen LogP contribution in [0.4, 0.5) is 9.59 Å². The Morgan fingerprint density at radius 1 is 0.971 bits per heavy atom. The molecule has 1 N–H and O–H groups in total. The van der Waals surface area contributed by atoms with Crippen LogP contribution in [0.2, 0.25) is 0 Å². The average Bonchev–Trinajstić information content (AvgIpc) is 3.15. The summed E-state index contributed by atoms with van der Waals surface area (Å²) in [6, 6.07) is 8.05. The van der Waals surface area contributed by atoms with Gasteiger partial charge in [0.25, 0.3) is 0 Å². The van der Waals surface area contributed by atoms with Crippen LogP contribution in [0.25, 0.3) is 0 Å². The Balaban J connectivity index is 2.27. The van der Waals surface area contributed by atoms with Gasteiger partial charge in [0.15, 0.2) is 0 Å². The van der Waals surface area contributed by atoms with E-state index in [0.717, 1.165) is 5.56 Å². The summed E-state index contributed by atoms with van der Waals surface area (Å²) in [5.74, 6) is -0.968. The van der Waals surface area contributed by atoms with E-state index in [1.807, 2.05) is 30.3 Å². The number of benzene rings is 1. The third kappa shape index (κ3) is 8.95. The highest BCUT2D eigenvalue weighted by Crippen LogP contribution is 2.25. The maximum Gasteiger partial charge on any atom is 0.416 e. The second-order valence-electron chi connectivity index (χ2n) is 10.1. The molecule has 1 heterocycles. The van der Waals surface area contributed by atoms with Gasteiger partial charge in [0.1, 0.15) is 23.9 Å². The Morgan fingerprint density at radius 2 is 1.57 bits per heavy atom. The molecule has 0 aromatic heterocycles. The molecule has 1 aliphatic rings. The lowest BCUT2D eigenvalue weighted by Gasteiger charge is -2.28. The van der Waals surface area contributed by atoms with Crippen LogP contribution >= 0.6 is 0 Å². The second kappa shape index (κ2) is 11.2. The number of nitrogens with zero attached hydrogens (tertiary/aromatic N) is 2. The molecule has 0 aliphatic carbocycles. The predicted octanol–water partition coefficient (Wildman–Crippen LogP) is 3.56. The lowest BCUT2D eigenvalue weighted by molar-refractivity contribution is -0.143. The minimum Gasteiger partial charge on any atom is -0.467 e. The van der Waals surface area contributed by atoms with Gasteiger partial charge in [-0.3, -0.25) is 14.6 Å². The van der Waals surface area contributed by atoms with E-state index in [-0.39, 0.29) is 25.4 Å². The fourth-order valence-corrected chi connectivity index (χ4v) is 3.21. The number of rotatable bonds is 6. The maximum absolute atomic E-state index is 12.9. The van der Waals surface area contributed by atoms with E-state index >= 15 is 0 Å². The minimum absolute atomic E-state index is 0.0871. The topological polar surface area (TPSA) is 114 Å². The van der Waals surface area contributed by atoms with Crippen molar-refractivity contribution in [2.75, 3.05) is 13.8 Å². The second-order valence-corrected chi connectivity index (χ2v) is 10.1. The van der Waals surface area contributed by atoms with E-state index in [9.17, 15) is 19.2 Å². The van der Waals surface area contributed by atoms with Gasteiger partial charge in [-0.2, -0.15) is 0 Å². The van der Waals surface area contributed by atoms with Crippen LogP contribution in [0.5, 0.6) is 0 Å². The number of ether oxygens (including phenoxy) is 3. The zero-order chi connectivity index (χ0) is 26.4. The molecule has 1 aromatic rings. The van der Waals surface area contributed by atoms with Crippen molar-refractivity contribution in [1.29, 1.82) is 0 Å². The SMILES string of the molecule is COC(=O)C(CC1=CN(C(=O)Cc2ccccc2)CN1C(=O)OC(C)(C)C)NC(=O)OC(C)(C)C. The summed E-state index contributed by atoms with van der Waals surface area (Å²) in [6.45, 7) is 10.2. The maximum atomic E-state index is 12.9. The number of esters is 1. The van der Waals surface area contributed by atoms with E-state index in [2.05, 4.69) is 5.32 Å². The Labute approximate surface area is 206 Å². The van der Waals surface area contributed by atoms with Crippen molar-refractivity contribution in [2.24, 2.45) is 0 Å². The van der Waals surface area contributed by atoms with Crippen LogP contribution in [0.1, 0.15) is 53.5 Å². The van der Waals surface area contributed by atoms with E-state index in [0.29, 0.717) is 5.70 Å². The van der Waals surface area contributed by atoms with Gasteiger partial charge >= 0.3 is 18.2 Å². The molecule has 1 unspecified atom stereocenters. The van der Waals surface area contributed by atoms with Gasteiger partial charge in [0.2, 0.25) is 5.91 Å². The summed E-state index contributed by atoms with van der Waals surface area (Å²) in [6.07, 6.45) is -0.00193. The van der Waals surface area contributed by atoms with E-state index in [4.69, 9.17) is 14.2 Å². The average molecular weight is 490 g/mol. The molecule has 0 spiro atoms. The summed E-state index contributed by atoms with van der Waals surface area (Å²) in [5, 5.41) is 2.48. The molecule has 1 atom stereocenters. The van der Waals surface area contributed by atoms with Gasteiger partial charge in [-0.15, -0.1) is 0 Å². The minimum atomic E-state index is -1.16. The van der Waals surface area contributed by atoms with Gasteiger partial charge in [-0.25, -0.2) is 14.4 Å². The monoisotopic (exact) mass is 489 g/mol. The lowest BCUT2D eigenvalue weighted by Crippen LogP contribution is -2.45. The standard InChI is InChI=1S/C25H35N3O7/c1-24(2,3)34-22(31)26-19(21(30)33-7)14-18-15-27(16-28(18)23(32)35-25(4,5)6)20(29)13-17-11-9-8-10-12-17/h8-12,15,19H,13-14,16H2,1-7H3,(H,26,31). The van der Waals surface area contributed by atoms with Crippen molar-refractivity contribution in [2.45, 2.75) is 71.6 Å². The fraction of sp³-hybridized carbons (Fsp3) is 0.520. The van der Waals surface area contributed by atoms with E-state index in [1.54, 1.807) is 41.5 Å². The van der Waals surface area contributed by atoms with Crippen molar-refractivity contribution >= 4 is 24.1 Å². The third-order valence-electron chi connectivity index (χ3n) is 4.67. The Bertz CT molecular complexity index is 962. The highest BCUT2D eigenvalue weighted by atomic mass is 16.6. The van der Waals surface area contributed by atoms with Crippen LogP contribution < -0.4 is 5.32 Å². The van der Waals surface area contributed by atoms with Crippen molar-refractivity contribution in [3.63, 3.8) is 0 Å². The van der Waals surface area contributed by atoms with Crippen LogP contribution in [0, 0.1) is 0 Å². The normalized spacial score (nSPS) is 14.7. The van der Waals surface area contributed by atoms with Gasteiger partial charge in [-0.1, -0.05) is 30.3 Å². The van der Waals surface area contributed by atoms with Gasteiger partial charge < -0.3 is 19.5 Å². The molecular formula is C25H35N3O7. The highest BCUT2D eigenvalue weighted by Gasteiger charge is 2.36. The first kappa shape index (κ1) is 27.7.